The van der Waals surface area contributed by atoms with Crippen LogP contribution in [-0.4, -0.2) is 29.6 Å². The summed E-state index contributed by atoms with van der Waals surface area (Å²) in [6, 6.07) is 0.367. The van der Waals surface area contributed by atoms with Gasteiger partial charge in [-0.05, 0) is 45.6 Å². The average molecular weight is 198 g/mol. The van der Waals surface area contributed by atoms with Gasteiger partial charge in [-0.25, -0.2) is 0 Å². The lowest BCUT2D eigenvalue weighted by Crippen LogP contribution is -2.41. The molecule has 2 heteroatoms. The van der Waals surface area contributed by atoms with E-state index in [0.29, 0.717) is 17.5 Å². The van der Waals surface area contributed by atoms with Crippen molar-refractivity contribution >= 4 is 0 Å². The van der Waals surface area contributed by atoms with Crippen LogP contribution in [0.5, 0.6) is 0 Å². The molecule has 1 unspecified atom stereocenters. The molecule has 14 heavy (non-hydrogen) atoms. The molecule has 1 rings (SSSR count). The molecule has 0 aromatic rings. The number of likely N-dealkylation sites (tertiary alicyclic amines) is 1. The Hall–Kier alpha value is -0.0800. The van der Waals surface area contributed by atoms with Crippen molar-refractivity contribution in [2.24, 2.45) is 11.7 Å². The van der Waals surface area contributed by atoms with Gasteiger partial charge in [-0.2, -0.15) is 0 Å². The Morgan fingerprint density at radius 1 is 1.36 bits per heavy atom. The molecule has 1 heterocycles. The average Bonchev–Trinajstić information content (AvgIpc) is 2.40. The van der Waals surface area contributed by atoms with Crippen LogP contribution < -0.4 is 5.73 Å². The van der Waals surface area contributed by atoms with Crippen LogP contribution in [0.2, 0.25) is 0 Å². The van der Waals surface area contributed by atoms with E-state index in [1.165, 1.54) is 25.9 Å². The first kappa shape index (κ1) is 12.0. The summed E-state index contributed by atoms with van der Waals surface area (Å²) in [6.45, 7) is 11.5. The molecule has 0 aromatic heterocycles. The van der Waals surface area contributed by atoms with Crippen molar-refractivity contribution in [3.63, 3.8) is 0 Å². The Balaban J connectivity index is 2.31. The molecule has 0 bridgehead atoms. The maximum absolute atomic E-state index is 6.06. The summed E-state index contributed by atoms with van der Waals surface area (Å²) in [6.07, 6.45) is 3.83. The molecule has 2 N–H and O–H groups in total. The van der Waals surface area contributed by atoms with Crippen LogP contribution in [0.3, 0.4) is 0 Å². The Bertz CT molecular complexity index is 175. The molecule has 1 saturated heterocycles. The normalized spacial score (nSPS) is 24.4. The molecule has 0 aliphatic carbocycles. The van der Waals surface area contributed by atoms with Gasteiger partial charge in [0.25, 0.3) is 0 Å². The van der Waals surface area contributed by atoms with E-state index >= 15 is 0 Å². The van der Waals surface area contributed by atoms with Gasteiger partial charge in [0.2, 0.25) is 0 Å². The molecular weight excluding hydrogens is 172 g/mol. The fourth-order valence-electron chi connectivity index (χ4n) is 2.22. The van der Waals surface area contributed by atoms with Gasteiger partial charge in [0.05, 0.1) is 0 Å². The predicted octanol–water partition coefficient (Wildman–Crippen LogP) is 2.23. The summed E-state index contributed by atoms with van der Waals surface area (Å²) >= 11 is 0. The molecule has 1 aliphatic rings. The van der Waals surface area contributed by atoms with E-state index in [0.717, 1.165) is 6.42 Å². The van der Waals surface area contributed by atoms with Gasteiger partial charge in [0.15, 0.2) is 0 Å². The SMILES string of the molecule is CC(C)C(N)CCN1CCCC1(C)C. The van der Waals surface area contributed by atoms with Crippen molar-refractivity contribution in [2.45, 2.75) is 58.5 Å². The highest BCUT2D eigenvalue weighted by Gasteiger charge is 2.31. The summed E-state index contributed by atoms with van der Waals surface area (Å²) in [7, 11) is 0. The number of hydrogen-bond acceptors (Lipinski definition) is 2. The van der Waals surface area contributed by atoms with Crippen LogP contribution in [0.25, 0.3) is 0 Å². The Morgan fingerprint density at radius 3 is 2.43 bits per heavy atom. The second kappa shape index (κ2) is 4.63. The molecular formula is C12H26N2. The summed E-state index contributed by atoms with van der Waals surface area (Å²) in [4.78, 5) is 2.59. The Morgan fingerprint density at radius 2 is 2.00 bits per heavy atom. The fraction of sp³-hybridized carbons (Fsp3) is 1.00. The second-order valence-electron chi connectivity index (χ2n) is 5.60. The van der Waals surface area contributed by atoms with E-state index in [-0.39, 0.29) is 0 Å². The minimum atomic E-state index is 0.367. The zero-order valence-electron chi connectivity index (χ0n) is 10.2. The summed E-state index contributed by atoms with van der Waals surface area (Å²) < 4.78 is 0. The number of rotatable bonds is 4. The van der Waals surface area contributed by atoms with Crippen LogP contribution in [0.4, 0.5) is 0 Å². The van der Waals surface area contributed by atoms with Crippen molar-refractivity contribution < 1.29 is 0 Å². The number of nitrogens with two attached hydrogens (primary N) is 1. The van der Waals surface area contributed by atoms with Crippen LogP contribution in [0.1, 0.15) is 47.0 Å². The van der Waals surface area contributed by atoms with Crippen LogP contribution in [-0.2, 0) is 0 Å². The molecule has 0 spiro atoms. The van der Waals surface area contributed by atoms with Gasteiger partial charge in [0.1, 0.15) is 0 Å². The number of nitrogens with zero attached hydrogens (tertiary/aromatic N) is 1. The van der Waals surface area contributed by atoms with Gasteiger partial charge < -0.3 is 5.73 Å². The third kappa shape index (κ3) is 2.96. The van der Waals surface area contributed by atoms with Gasteiger partial charge in [0, 0.05) is 18.1 Å². The van der Waals surface area contributed by atoms with Crippen LogP contribution in [0, 0.1) is 5.92 Å². The zero-order chi connectivity index (χ0) is 10.8. The van der Waals surface area contributed by atoms with E-state index < -0.39 is 0 Å². The maximum atomic E-state index is 6.06. The highest BCUT2D eigenvalue weighted by Crippen LogP contribution is 2.28. The molecule has 0 aromatic carbocycles. The topological polar surface area (TPSA) is 29.3 Å². The van der Waals surface area contributed by atoms with Crippen LogP contribution in [0.15, 0.2) is 0 Å². The van der Waals surface area contributed by atoms with Crippen molar-refractivity contribution in [1.29, 1.82) is 0 Å². The first-order chi connectivity index (χ1) is 6.43. The highest BCUT2D eigenvalue weighted by molar-refractivity contribution is 4.88. The predicted molar refractivity (Wildman–Crippen MR) is 62.3 cm³/mol. The molecule has 1 atom stereocenters. The smallest absolute Gasteiger partial charge is 0.0153 e. The largest absolute Gasteiger partial charge is 0.327 e. The lowest BCUT2D eigenvalue weighted by Gasteiger charge is -2.32. The van der Waals surface area contributed by atoms with Crippen molar-refractivity contribution in [3.05, 3.63) is 0 Å². The molecule has 84 valence electrons. The first-order valence-corrected chi connectivity index (χ1v) is 5.94. The summed E-state index contributed by atoms with van der Waals surface area (Å²) in [5.41, 5.74) is 6.47. The quantitative estimate of drug-likeness (QED) is 0.750. The molecule has 2 nitrogen and oxygen atoms in total. The standard InChI is InChI=1S/C12H26N2/c1-10(2)11(13)6-9-14-8-5-7-12(14,3)4/h10-11H,5-9,13H2,1-4H3. The lowest BCUT2D eigenvalue weighted by molar-refractivity contribution is 0.166. The molecule has 1 fully saturated rings. The maximum Gasteiger partial charge on any atom is 0.0153 e. The van der Waals surface area contributed by atoms with Gasteiger partial charge >= 0.3 is 0 Å². The van der Waals surface area contributed by atoms with Crippen molar-refractivity contribution in [2.75, 3.05) is 13.1 Å². The zero-order valence-corrected chi connectivity index (χ0v) is 10.2. The van der Waals surface area contributed by atoms with Crippen molar-refractivity contribution in [1.82, 2.24) is 4.90 Å². The number of hydrogen-bond donors (Lipinski definition) is 1. The van der Waals surface area contributed by atoms with Gasteiger partial charge in [-0.3, -0.25) is 4.90 Å². The fourth-order valence-corrected chi connectivity index (χ4v) is 2.22. The van der Waals surface area contributed by atoms with Gasteiger partial charge in [-0.15, -0.1) is 0 Å². The molecule has 0 radical (unpaired) electrons. The first-order valence-electron chi connectivity index (χ1n) is 5.94. The van der Waals surface area contributed by atoms with Crippen molar-refractivity contribution in [3.8, 4) is 0 Å². The minimum Gasteiger partial charge on any atom is -0.327 e. The summed E-state index contributed by atoms with van der Waals surface area (Å²) in [5, 5.41) is 0. The summed E-state index contributed by atoms with van der Waals surface area (Å²) in [5.74, 6) is 0.612. The van der Waals surface area contributed by atoms with E-state index in [2.05, 4.69) is 32.6 Å². The lowest BCUT2D eigenvalue weighted by atomic mass is 9.99. The van der Waals surface area contributed by atoms with E-state index in [1.54, 1.807) is 0 Å². The monoisotopic (exact) mass is 198 g/mol. The Kier molecular flexibility index (Phi) is 3.96. The molecule has 1 aliphatic heterocycles. The second-order valence-corrected chi connectivity index (χ2v) is 5.60. The van der Waals surface area contributed by atoms with E-state index in [1.807, 2.05) is 0 Å². The third-order valence-electron chi connectivity index (χ3n) is 3.66. The molecule has 0 amide bonds. The van der Waals surface area contributed by atoms with Gasteiger partial charge in [-0.1, -0.05) is 13.8 Å². The Labute approximate surface area is 88.8 Å². The third-order valence-corrected chi connectivity index (χ3v) is 3.66. The van der Waals surface area contributed by atoms with E-state index in [4.69, 9.17) is 5.73 Å². The van der Waals surface area contributed by atoms with Crippen LogP contribution >= 0.6 is 0 Å². The van der Waals surface area contributed by atoms with E-state index in [9.17, 15) is 0 Å². The minimum absolute atomic E-state index is 0.367. The molecule has 0 saturated carbocycles. The highest BCUT2D eigenvalue weighted by atomic mass is 15.2.